The molecule has 2 aromatic rings. The summed E-state index contributed by atoms with van der Waals surface area (Å²) >= 11 is 0. The Labute approximate surface area is 164 Å². The lowest BCUT2D eigenvalue weighted by atomic mass is 10.2. The van der Waals surface area contributed by atoms with Crippen molar-refractivity contribution in [2.24, 2.45) is 5.10 Å². The summed E-state index contributed by atoms with van der Waals surface area (Å²) < 4.78 is 12.1. The highest BCUT2D eigenvalue weighted by Gasteiger charge is 2.44. The highest BCUT2D eigenvalue weighted by Crippen LogP contribution is 2.47. The van der Waals surface area contributed by atoms with Crippen LogP contribution in [0.3, 0.4) is 0 Å². The molecule has 144 valence electrons. The van der Waals surface area contributed by atoms with E-state index in [0.29, 0.717) is 17.0 Å². The van der Waals surface area contributed by atoms with Crippen molar-refractivity contribution in [3.63, 3.8) is 0 Å². The molecule has 1 spiro atoms. The molecular formula is C22H23N3O3. The molecule has 6 heteroatoms. The third-order valence-electron chi connectivity index (χ3n) is 5.56. The first-order chi connectivity index (χ1) is 13.6. The number of benzene rings is 2. The van der Waals surface area contributed by atoms with Gasteiger partial charge in [-0.3, -0.25) is 9.80 Å². The minimum atomic E-state index is -0.489. The van der Waals surface area contributed by atoms with Gasteiger partial charge in [0.05, 0.1) is 5.69 Å². The van der Waals surface area contributed by atoms with E-state index in [1.54, 1.807) is 0 Å². The lowest BCUT2D eigenvalue weighted by Crippen LogP contribution is -2.34. The van der Waals surface area contributed by atoms with Gasteiger partial charge in [-0.1, -0.05) is 0 Å². The van der Waals surface area contributed by atoms with Gasteiger partial charge in [0.2, 0.25) is 0 Å². The van der Waals surface area contributed by atoms with Gasteiger partial charge in [-0.05, 0) is 56.2 Å². The van der Waals surface area contributed by atoms with Crippen LogP contribution >= 0.6 is 0 Å². The average molecular weight is 377 g/mol. The maximum absolute atomic E-state index is 12.6. The summed E-state index contributed by atoms with van der Waals surface area (Å²) in [6.07, 6.45) is 5.05. The van der Waals surface area contributed by atoms with Gasteiger partial charge in [-0.15, -0.1) is 0 Å². The Bertz CT molecular complexity index is 946. The first-order valence-electron chi connectivity index (χ1n) is 9.85. The van der Waals surface area contributed by atoms with Gasteiger partial charge in [-0.25, -0.2) is 0 Å². The van der Waals surface area contributed by atoms with Crippen molar-refractivity contribution < 1.29 is 14.3 Å². The molecule has 6 nitrogen and oxygen atoms in total. The zero-order valence-electron chi connectivity index (χ0n) is 15.9. The number of amides is 1. The summed E-state index contributed by atoms with van der Waals surface area (Å²) in [5.41, 5.74) is 3.43. The summed E-state index contributed by atoms with van der Waals surface area (Å²) in [5, 5.41) is 9.40. The number of carbonyl (C=O) groups is 1. The van der Waals surface area contributed by atoms with Crippen LogP contribution < -0.4 is 19.8 Å². The van der Waals surface area contributed by atoms with Gasteiger partial charge < -0.3 is 14.8 Å². The molecule has 2 heterocycles. The van der Waals surface area contributed by atoms with Gasteiger partial charge in [0, 0.05) is 48.8 Å². The molecule has 0 atom stereocenters. The molecule has 3 aliphatic rings. The smallest absolute Gasteiger partial charge is 0.255 e. The van der Waals surface area contributed by atoms with E-state index in [4.69, 9.17) is 9.47 Å². The number of hydrogen-bond donors (Lipinski definition) is 1. The van der Waals surface area contributed by atoms with Crippen molar-refractivity contribution in [3.8, 4) is 11.5 Å². The van der Waals surface area contributed by atoms with Crippen LogP contribution in [0.5, 0.6) is 11.5 Å². The third-order valence-corrected chi connectivity index (χ3v) is 5.56. The maximum Gasteiger partial charge on any atom is 0.255 e. The number of nitrogens with one attached hydrogen (secondary N) is 1. The SMILES string of the molecule is CC1=NN(c2ccc(C(=O)Nc3ccc4c(c3)OC3(CCCC3)O4)cc2)CC1. The molecule has 5 rings (SSSR count). The molecule has 1 fully saturated rings. The molecule has 1 aliphatic carbocycles. The second kappa shape index (κ2) is 6.55. The van der Waals surface area contributed by atoms with Crippen LogP contribution in [0, 0.1) is 0 Å². The lowest BCUT2D eigenvalue weighted by Gasteiger charge is -2.21. The Hall–Kier alpha value is -3.02. The van der Waals surface area contributed by atoms with E-state index >= 15 is 0 Å². The summed E-state index contributed by atoms with van der Waals surface area (Å²) in [7, 11) is 0. The van der Waals surface area contributed by atoms with Gasteiger partial charge in [0.15, 0.2) is 11.5 Å². The fourth-order valence-corrected chi connectivity index (χ4v) is 4.04. The zero-order valence-corrected chi connectivity index (χ0v) is 15.9. The molecule has 1 N–H and O–H groups in total. The normalized spacial score (nSPS) is 19.2. The largest absolute Gasteiger partial charge is 0.448 e. The van der Waals surface area contributed by atoms with E-state index < -0.39 is 5.79 Å². The lowest BCUT2D eigenvalue weighted by molar-refractivity contribution is -0.0716. The van der Waals surface area contributed by atoms with Crippen LogP contribution in [0.4, 0.5) is 11.4 Å². The summed E-state index contributed by atoms with van der Waals surface area (Å²) in [5.74, 6) is 0.821. The second-order valence-corrected chi connectivity index (χ2v) is 7.69. The van der Waals surface area contributed by atoms with Crippen LogP contribution in [0.1, 0.15) is 49.4 Å². The minimum Gasteiger partial charge on any atom is -0.448 e. The first kappa shape index (κ1) is 17.1. The first-order valence-corrected chi connectivity index (χ1v) is 9.85. The topological polar surface area (TPSA) is 63.2 Å². The Morgan fingerprint density at radius 1 is 1.07 bits per heavy atom. The van der Waals surface area contributed by atoms with E-state index in [9.17, 15) is 4.79 Å². The second-order valence-electron chi connectivity index (χ2n) is 7.69. The van der Waals surface area contributed by atoms with Gasteiger partial charge >= 0.3 is 0 Å². The number of nitrogens with zero attached hydrogens (tertiary/aromatic N) is 2. The van der Waals surface area contributed by atoms with E-state index in [2.05, 4.69) is 10.4 Å². The molecule has 2 aromatic carbocycles. The van der Waals surface area contributed by atoms with Crippen LogP contribution in [0.2, 0.25) is 0 Å². The molecule has 2 aliphatic heterocycles. The van der Waals surface area contributed by atoms with Crippen molar-refractivity contribution in [1.29, 1.82) is 0 Å². The standard InChI is InChI=1S/C22H23N3O3/c1-15-10-13-25(24-15)18-7-4-16(5-8-18)21(26)23-17-6-9-19-20(14-17)28-22(27-19)11-2-3-12-22/h4-9,14H,2-3,10-13H2,1H3,(H,23,26). The molecule has 28 heavy (non-hydrogen) atoms. The van der Waals surface area contributed by atoms with E-state index in [1.807, 2.05) is 54.4 Å². The highest BCUT2D eigenvalue weighted by molar-refractivity contribution is 6.04. The number of hydrazone groups is 1. The van der Waals surface area contributed by atoms with Crippen molar-refractivity contribution >= 4 is 23.0 Å². The quantitative estimate of drug-likeness (QED) is 0.851. The van der Waals surface area contributed by atoms with E-state index in [1.165, 1.54) is 0 Å². The average Bonchev–Trinajstić information content (AvgIpc) is 3.42. The van der Waals surface area contributed by atoms with E-state index in [-0.39, 0.29) is 5.91 Å². The number of ether oxygens (including phenoxy) is 2. The molecule has 0 radical (unpaired) electrons. The number of rotatable bonds is 3. The predicted octanol–water partition coefficient (Wildman–Crippen LogP) is 4.57. The van der Waals surface area contributed by atoms with Crippen molar-refractivity contribution in [2.75, 3.05) is 16.9 Å². The monoisotopic (exact) mass is 377 g/mol. The van der Waals surface area contributed by atoms with Crippen LogP contribution in [0.25, 0.3) is 0 Å². The molecular weight excluding hydrogens is 354 g/mol. The van der Waals surface area contributed by atoms with Gasteiger partial charge in [0.25, 0.3) is 11.7 Å². The third kappa shape index (κ3) is 3.09. The summed E-state index contributed by atoms with van der Waals surface area (Å²) in [6, 6.07) is 13.1. The van der Waals surface area contributed by atoms with Crippen LogP contribution in [-0.2, 0) is 0 Å². The maximum atomic E-state index is 12.6. The molecule has 0 aromatic heterocycles. The molecule has 0 saturated heterocycles. The molecule has 0 bridgehead atoms. The number of carbonyl (C=O) groups excluding carboxylic acids is 1. The summed E-state index contributed by atoms with van der Waals surface area (Å²) in [4.78, 5) is 12.6. The zero-order chi connectivity index (χ0) is 19.1. The van der Waals surface area contributed by atoms with E-state index in [0.717, 1.165) is 55.8 Å². The molecule has 0 unspecified atom stereocenters. The Kier molecular flexibility index (Phi) is 4.00. The van der Waals surface area contributed by atoms with Gasteiger partial charge in [-0.2, -0.15) is 5.10 Å². The Morgan fingerprint density at radius 3 is 2.54 bits per heavy atom. The fraction of sp³-hybridized carbons (Fsp3) is 0.364. The van der Waals surface area contributed by atoms with Crippen LogP contribution in [0.15, 0.2) is 47.6 Å². The number of hydrogen-bond acceptors (Lipinski definition) is 5. The van der Waals surface area contributed by atoms with Crippen molar-refractivity contribution in [1.82, 2.24) is 0 Å². The van der Waals surface area contributed by atoms with Crippen LogP contribution in [-0.4, -0.2) is 24.0 Å². The Balaban J connectivity index is 1.27. The Morgan fingerprint density at radius 2 is 1.82 bits per heavy atom. The summed E-state index contributed by atoms with van der Waals surface area (Å²) in [6.45, 7) is 2.91. The highest BCUT2D eigenvalue weighted by atomic mass is 16.7. The fourth-order valence-electron chi connectivity index (χ4n) is 4.04. The number of anilines is 2. The van der Waals surface area contributed by atoms with Crippen molar-refractivity contribution in [2.45, 2.75) is 44.8 Å². The molecule has 1 saturated carbocycles. The van der Waals surface area contributed by atoms with Gasteiger partial charge in [0.1, 0.15) is 0 Å². The number of fused-ring (bicyclic) bond motifs is 1. The molecule has 1 amide bonds. The predicted molar refractivity (Wildman–Crippen MR) is 108 cm³/mol. The van der Waals surface area contributed by atoms with Crippen molar-refractivity contribution in [3.05, 3.63) is 48.0 Å². The minimum absolute atomic E-state index is 0.151.